The predicted molar refractivity (Wildman–Crippen MR) is 63.7 cm³/mol. The number of carbonyl (C=O) groups excluding carboxylic acids is 1. The van der Waals surface area contributed by atoms with E-state index in [1.54, 1.807) is 18.2 Å². The van der Waals surface area contributed by atoms with Gasteiger partial charge in [-0.05, 0) is 18.2 Å². The third-order valence-corrected chi connectivity index (χ3v) is 2.35. The normalized spacial score (nSPS) is 12.0. The van der Waals surface area contributed by atoms with Crippen molar-refractivity contribution in [1.29, 1.82) is 0 Å². The van der Waals surface area contributed by atoms with Gasteiger partial charge in [-0.3, -0.25) is 4.79 Å². The van der Waals surface area contributed by atoms with Gasteiger partial charge >= 0.3 is 0 Å². The van der Waals surface area contributed by atoms with E-state index in [1.807, 2.05) is 0 Å². The monoisotopic (exact) mass is 239 g/mol. The van der Waals surface area contributed by atoms with Crippen LogP contribution in [0.5, 0.6) is 11.5 Å². The lowest BCUT2D eigenvalue weighted by atomic mass is 10.0. The Morgan fingerprint density at radius 2 is 1.88 bits per heavy atom. The van der Waals surface area contributed by atoms with Crippen molar-refractivity contribution in [1.82, 2.24) is 0 Å². The first-order valence-electron chi connectivity index (χ1n) is 5.14. The first kappa shape index (κ1) is 13.5. The molecule has 17 heavy (non-hydrogen) atoms. The van der Waals surface area contributed by atoms with Gasteiger partial charge in [-0.2, -0.15) is 0 Å². The zero-order valence-electron chi connectivity index (χ0n) is 10.2. The average molecular weight is 239 g/mol. The molecule has 0 heterocycles. The summed E-state index contributed by atoms with van der Waals surface area (Å²) in [7, 11) is 4.55. The Kier molecular flexibility index (Phi) is 4.93. The first-order valence-corrected chi connectivity index (χ1v) is 5.14. The number of ketones is 1. The van der Waals surface area contributed by atoms with Crippen LogP contribution in [0, 0.1) is 0 Å². The van der Waals surface area contributed by atoms with E-state index in [0.717, 1.165) is 0 Å². The number of hydrogen-bond acceptors (Lipinski definition) is 5. The number of ether oxygens (including phenoxy) is 3. The summed E-state index contributed by atoms with van der Waals surface area (Å²) in [5.74, 6) is 0.889. The third-order valence-electron chi connectivity index (χ3n) is 2.35. The summed E-state index contributed by atoms with van der Waals surface area (Å²) in [6, 6.07) is 4.26. The van der Waals surface area contributed by atoms with Crippen molar-refractivity contribution in [3.8, 4) is 11.5 Å². The van der Waals surface area contributed by atoms with Crippen molar-refractivity contribution in [3.05, 3.63) is 23.8 Å². The average Bonchev–Trinajstić information content (AvgIpc) is 2.37. The smallest absolute Gasteiger partial charge is 0.182 e. The quantitative estimate of drug-likeness (QED) is 0.745. The molecule has 5 heteroatoms. The number of Topliss-reactive ketones (excluding diaryl/α,β-unsaturated/α-hetero) is 1. The molecule has 1 unspecified atom stereocenters. The molecule has 0 aromatic heterocycles. The van der Waals surface area contributed by atoms with Gasteiger partial charge < -0.3 is 19.9 Å². The zero-order chi connectivity index (χ0) is 12.8. The minimum atomic E-state index is -0.668. The minimum Gasteiger partial charge on any atom is -0.493 e. The predicted octanol–water partition coefficient (Wildman–Crippen LogP) is 0.860. The van der Waals surface area contributed by atoms with Crippen LogP contribution in [-0.4, -0.2) is 39.8 Å². The van der Waals surface area contributed by atoms with Gasteiger partial charge in [-0.1, -0.05) is 0 Å². The van der Waals surface area contributed by atoms with Gasteiger partial charge in [-0.15, -0.1) is 0 Å². The molecular weight excluding hydrogens is 222 g/mol. The highest BCUT2D eigenvalue weighted by Crippen LogP contribution is 2.27. The number of carbonyl (C=O) groups is 1. The Hall–Kier alpha value is -1.59. The van der Waals surface area contributed by atoms with Crippen LogP contribution >= 0.6 is 0 Å². The molecule has 1 rings (SSSR count). The maximum Gasteiger partial charge on any atom is 0.182 e. The Morgan fingerprint density at radius 1 is 1.24 bits per heavy atom. The molecule has 0 saturated heterocycles. The van der Waals surface area contributed by atoms with Gasteiger partial charge in [0, 0.05) is 12.7 Å². The van der Waals surface area contributed by atoms with Gasteiger partial charge in [-0.25, -0.2) is 0 Å². The summed E-state index contributed by atoms with van der Waals surface area (Å²) in [6.07, 6.45) is 0. The number of methoxy groups -OCH3 is 3. The van der Waals surface area contributed by atoms with E-state index in [2.05, 4.69) is 0 Å². The highest BCUT2D eigenvalue weighted by molar-refractivity contribution is 6.00. The molecular formula is C12H17NO4. The summed E-state index contributed by atoms with van der Waals surface area (Å²) in [6.45, 7) is 0.188. The Labute approximate surface area is 100 Å². The maximum absolute atomic E-state index is 11.9. The standard InChI is InChI=1S/C12H17NO4/c1-15-7-9(13)12(14)8-4-5-10(16-2)11(6-8)17-3/h4-6,9H,7,13H2,1-3H3. The van der Waals surface area contributed by atoms with Crippen molar-refractivity contribution in [3.63, 3.8) is 0 Å². The van der Waals surface area contributed by atoms with Gasteiger partial charge in [0.2, 0.25) is 0 Å². The fourth-order valence-electron chi connectivity index (χ4n) is 1.46. The molecule has 2 N–H and O–H groups in total. The lowest BCUT2D eigenvalue weighted by Crippen LogP contribution is -2.34. The van der Waals surface area contributed by atoms with Crippen LogP contribution in [0.15, 0.2) is 18.2 Å². The molecule has 0 amide bonds. The molecule has 0 aliphatic rings. The number of benzene rings is 1. The van der Waals surface area contributed by atoms with Crippen LogP contribution in [0.4, 0.5) is 0 Å². The number of rotatable bonds is 6. The van der Waals surface area contributed by atoms with E-state index in [9.17, 15) is 4.79 Å². The van der Waals surface area contributed by atoms with E-state index in [0.29, 0.717) is 17.1 Å². The van der Waals surface area contributed by atoms with E-state index in [4.69, 9.17) is 19.9 Å². The highest BCUT2D eigenvalue weighted by Gasteiger charge is 2.17. The van der Waals surface area contributed by atoms with Crippen LogP contribution < -0.4 is 15.2 Å². The molecule has 1 aromatic rings. The molecule has 0 aliphatic carbocycles. The minimum absolute atomic E-state index is 0.187. The first-order chi connectivity index (χ1) is 8.13. The second-order valence-electron chi connectivity index (χ2n) is 3.50. The van der Waals surface area contributed by atoms with E-state index >= 15 is 0 Å². The van der Waals surface area contributed by atoms with Crippen molar-refractivity contribution < 1.29 is 19.0 Å². The van der Waals surface area contributed by atoms with Crippen molar-refractivity contribution in [2.75, 3.05) is 27.9 Å². The van der Waals surface area contributed by atoms with Crippen molar-refractivity contribution in [2.45, 2.75) is 6.04 Å². The molecule has 0 radical (unpaired) electrons. The molecule has 1 aromatic carbocycles. The van der Waals surface area contributed by atoms with Gasteiger partial charge in [0.05, 0.1) is 26.9 Å². The van der Waals surface area contributed by atoms with E-state index < -0.39 is 6.04 Å². The van der Waals surface area contributed by atoms with E-state index in [-0.39, 0.29) is 12.4 Å². The zero-order valence-corrected chi connectivity index (χ0v) is 10.2. The van der Waals surface area contributed by atoms with E-state index in [1.165, 1.54) is 21.3 Å². The molecule has 5 nitrogen and oxygen atoms in total. The highest BCUT2D eigenvalue weighted by atomic mass is 16.5. The van der Waals surface area contributed by atoms with Gasteiger partial charge in [0.25, 0.3) is 0 Å². The van der Waals surface area contributed by atoms with Crippen LogP contribution in [0.25, 0.3) is 0 Å². The van der Waals surface area contributed by atoms with Gasteiger partial charge in [0.1, 0.15) is 0 Å². The number of hydrogen-bond donors (Lipinski definition) is 1. The SMILES string of the molecule is COCC(N)C(=O)c1ccc(OC)c(OC)c1. The van der Waals surface area contributed by atoms with Crippen LogP contribution in [0.1, 0.15) is 10.4 Å². The summed E-state index contributed by atoms with van der Waals surface area (Å²) >= 11 is 0. The Bertz CT molecular complexity index is 392. The fraction of sp³-hybridized carbons (Fsp3) is 0.417. The Morgan fingerprint density at radius 3 is 2.41 bits per heavy atom. The molecule has 0 saturated carbocycles. The molecule has 0 fully saturated rings. The molecule has 0 aliphatic heterocycles. The van der Waals surface area contributed by atoms with Crippen molar-refractivity contribution >= 4 is 5.78 Å². The molecule has 94 valence electrons. The molecule has 0 bridgehead atoms. The second kappa shape index (κ2) is 6.22. The summed E-state index contributed by atoms with van der Waals surface area (Å²) in [5.41, 5.74) is 6.15. The molecule has 1 atom stereocenters. The fourth-order valence-corrected chi connectivity index (χ4v) is 1.46. The number of nitrogens with two attached hydrogens (primary N) is 1. The lowest BCUT2D eigenvalue weighted by Gasteiger charge is -2.12. The summed E-state index contributed by atoms with van der Waals surface area (Å²) < 4.78 is 15.1. The van der Waals surface area contributed by atoms with Gasteiger partial charge in [0.15, 0.2) is 17.3 Å². The van der Waals surface area contributed by atoms with Crippen LogP contribution in [0.3, 0.4) is 0 Å². The summed E-state index contributed by atoms with van der Waals surface area (Å²) in [5, 5.41) is 0. The largest absolute Gasteiger partial charge is 0.493 e. The topological polar surface area (TPSA) is 70.8 Å². The second-order valence-corrected chi connectivity index (χ2v) is 3.50. The third kappa shape index (κ3) is 3.18. The summed E-state index contributed by atoms with van der Waals surface area (Å²) in [4.78, 5) is 11.9. The Balaban J connectivity index is 2.95. The maximum atomic E-state index is 11.9. The van der Waals surface area contributed by atoms with Crippen LogP contribution in [0.2, 0.25) is 0 Å². The van der Waals surface area contributed by atoms with Crippen molar-refractivity contribution in [2.24, 2.45) is 5.73 Å². The molecule has 0 spiro atoms. The van der Waals surface area contributed by atoms with Crippen LogP contribution in [-0.2, 0) is 4.74 Å². The lowest BCUT2D eigenvalue weighted by molar-refractivity contribution is 0.0892.